The summed E-state index contributed by atoms with van der Waals surface area (Å²) < 4.78 is 25.7. The van der Waals surface area contributed by atoms with E-state index in [9.17, 15) is 8.78 Å². The minimum absolute atomic E-state index is 0.616. The predicted octanol–water partition coefficient (Wildman–Crippen LogP) is 2.81. The molecule has 0 amide bonds. The van der Waals surface area contributed by atoms with Crippen molar-refractivity contribution in [2.24, 2.45) is 5.92 Å². The van der Waals surface area contributed by atoms with E-state index < -0.39 is 12.0 Å². The van der Waals surface area contributed by atoms with Gasteiger partial charge in [-0.2, -0.15) is 0 Å². The highest BCUT2D eigenvalue weighted by atomic mass is 19.3. The summed E-state index contributed by atoms with van der Waals surface area (Å²) in [6.07, 6.45) is 0.883. The number of halogens is 2. The van der Waals surface area contributed by atoms with Crippen LogP contribution < -0.4 is 5.32 Å². The van der Waals surface area contributed by atoms with Crippen molar-refractivity contribution in [3.05, 3.63) is 0 Å². The first-order valence-electron chi connectivity index (χ1n) is 5.14. The monoisotopic (exact) mass is 191 g/mol. The van der Waals surface area contributed by atoms with Gasteiger partial charge in [-0.3, -0.25) is 0 Å². The molecule has 1 N–H and O–H groups in total. The molecule has 0 aromatic heterocycles. The van der Waals surface area contributed by atoms with Crippen LogP contribution in [-0.2, 0) is 0 Å². The molecule has 0 saturated heterocycles. The van der Waals surface area contributed by atoms with Crippen molar-refractivity contribution in [2.75, 3.05) is 6.54 Å². The summed E-state index contributed by atoms with van der Waals surface area (Å²) in [6.45, 7) is 4.67. The minimum atomic E-state index is -2.22. The van der Waals surface area contributed by atoms with Crippen molar-refractivity contribution >= 4 is 0 Å². The van der Waals surface area contributed by atoms with Gasteiger partial charge in [0.15, 0.2) is 0 Å². The van der Waals surface area contributed by atoms with E-state index in [0.29, 0.717) is 25.3 Å². The van der Waals surface area contributed by atoms with E-state index in [0.717, 1.165) is 12.8 Å². The lowest BCUT2D eigenvalue weighted by Gasteiger charge is -2.39. The molecule has 0 atom stereocenters. The molecule has 1 fully saturated rings. The lowest BCUT2D eigenvalue weighted by atomic mass is 9.77. The van der Waals surface area contributed by atoms with Gasteiger partial charge in [-0.25, -0.2) is 8.78 Å². The summed E-state index contributed by atoms with van der Waals surface area (Å²) in [6, 6.07) is 0. The fourth-order valence-electron chi connectivity index (χ4n) is 2.10. The van der Waals surface area contributed by atoms with Gasteiger partial charge in [0.2, 0.25) is 0 Å². The average Bonchev–Trinajstić information content (AvgIpc) is 2.09. The largest absolute Gasteiger partial charge is 0.307 e. The summed E-state index contributed by atoms with van der Waals surface area (Å²) in [5.41, 5.74) is -0.874. The third-order valence-electron chi connectivity index (χ3n) is 3.11. The number of hydrogen-bond acceptors (Lipinski definition) is 1. The van der Waals surface area contributed by atoms with Crippen LogP contribution >= 0.6 is 0 Å². The lowest BCUT2D eigenvalue weighted by Crippen LogP contribution is -2.53. The number of alkyl halides is 2. The van der Waals surface area contributed by atoms with E-state index >= 15 is 0 Å². The van der Waals surface area contributed by atoms with Crippen LogP contribution in [0.5, 0.6) is 0 Å². The molecule has 1 aliphatic carbocycles. The first-order chi connectivity index (χ1) is 6.10. The Morgan fingerprint density at radius 3 is 2.31 bits per heavy atom. The summed E-state index contributed by atoms with van der Waals surface area (Å²) >= 11 is 0. The summed E-state index contributed by atoms with van der Waals surface area (Å²) in [5.74, 6) is 0.616. The van der Waals surface area contributed by atoms with E-state index in [1.165, 1.54) is 0 Å². The van der Waals surface area contributed by atoms with Crippen LogP contribution in [0.4, 0.5) is 8.78 Å². The van der Waals surface area contributed by atoms with Crippen LogP contribution in [0.3, 0.4) is 0 Å². The molecule has 0 aromatic carbocycles. The van der Waals surface area contributed by atoms with Gasteiger partial charge < -0.3 is 5.32 Å². The molecule has 0 aromatic rings. The maximum absolute atomic E-state index is 12.8. The lowest BCUT2D eigenvalue weighted by molar-refractivity contribution is 0.000286. The SMILES string of the molecule is CCNC1(C(F)F)CCC(C)CC1. The maximum Gasteiger partial charge on any atom is 0.256 e. The second-order valence-corrected chi connectivity index (χ2v) is 4.17. The quantitative estimate of drug-likeness (QED) is 0.723. The van der Waals surface area contributed by atoms with Gasteiger partial charge in [-0.1, -0.05) is 13.8 Å². The van der Waals surface area contributed by atoms with E-state index in [1.807, 2.05) is 6.92 Å². The molecular weight excluding hydrogens is 172 g/mol. The third kappa shape index (κ3) is 2.39. The van der Waals surface area contributed by atoms with Crippen molar-refractivity contribution in [3.8, 4) is 0 Å². The first kappa shape index (κ1) is 10.9. The smallest absolute Gasteiger partial charge is 0.256 e. The second kappa shape index (κ2) is 4.36. The molecule has 13 heavy (non-hydrogen) atoms. The predicted molar refractivity (Wildman–Crippen MR) is 50.0 cm³/mol. The van der Waals surface area contributed by atoms with Gasteiger partial charge in [0, 0.05) is 0 Å². The first-order valence-corrected chi connectivity index (χ1v) is 5.14. The average molecular weight is 191 g/mol. The van der Waals surface area contributed by atoms with E-state index in [-0.39, 0.29) is 0 Å². The topological polar surface area (TPSA) is 12.0 Å². The number of hydrogen-bond donors (Lipinski definition) is 1. The van der Waals surface area contributed by atoms with Gasteiger partial charge in [0.25, 0.3) is 6.43 Å². The van der Waals surface area contributed by atoms with Gasteiger partial charge in [-0.15, -0.1) is 0 Å². The molecule has 0 bridgehead atoms. The Morgan fingerprint density at radius 2 is 1.92 bits per heavy atom. The fourth-order valence-corrected chi connectivity index (χ4v) is 2.10. The molecular formula is C10H19F2N. The molecule has 1 rings (SSSR count). The van der Waals surface area contributed by atoms with Crippen LogP contribution in [-0.4, -0.2) is 18.5 Å². The zero-order valence-electron chi connectivity index (χ0n) is 8.45. The molecule has 0 heterocycles. The summed E-state index contributed by atoms with van der Waals surface area (Å²) in [5, 5.41) is 2.97. The van der Waals surface area contributed by atoms with E-state index in [2.05, 4.69) is 12.2 Å². The molecule has 0 aliphatic heterocycles. The van der Waals surface area contributed by atoms with Crippen LogP contribution in [0, 0.1) is 5.92 Å². The number of rotatable bonds is 3. The van der Waals surface area contributed by atoms with Gasteiger partial charge in [0.05, 0.1) is 5.54 Å². The fraction of sp³-hybridized carbons (Fsp3) is 1.00. The Kier molecular flexibility index (Phi) is 3.65. The molecule has 3 heteroatoms. The van der Waals surface area contributed by atoms with Crippen LogP contribution in [0.2, 0.25) is 0 Å². The Bertz CT molecular complexity index is 151. The maximum atomic E-state index is 12.8. The molecule has 78 valence electrons. The Balaban J connectivity index is 2.58. The second-order valence-electron chi connectivity index (χ2n) is 4.17. The van der Waals surface area contributed by atoms with Crippen molar-refractivity contribution in [2.45, 2.75) is 51.5 Å². The van der Waals surface area contributed by atoms with Gasteiger partial charge >= 0.3 is 0 Å². The highest BCUT2D eigenvalue weighted by molar-refractivity contribution is 4.94. The normalized spacial score (nSPS) is 35.3. The highest BCUT2D eigenvalue weighted by Gasteiger charge is 2.41. The van der Waals surface area contributed by atoms with Crippen LogP contribution in [0.1, 0.15) is 39.5 Å². The minimum Gasteiger partial charge on any atom is -0.307 e. The summed E-state index contributed by atoms with van der Waals surface area (Å²) in [7, 11) is 0. The zero-order valence-corrected chi connectivity index (χ0v) is 8.45. The van der Waals surface area contributed by atoms with Crippen molar-refractivity contribution in [1.29, 1.82) is 0 Å². The Labute approximate surface area is 78.9 Å². The summed E-state index contributed by atoms with van der Waals surface area (Å²) in [4.78, 5) is 0. The molecule has 0 radical (unpaired) electrons. The van der Waals surface area contributed by atoms with Gasteiger partial charge in [0.1, 0.15) is 0 Å². The van der Waals surface area contributed by atoms with Crippen LogP contribution in [0.25, 0.3) is 0 Å². The molecule has 1 saturated carbocycles. The van der Waals surface area contributed by atoms with E-state index in [4.69, 9.17) is 0 Å². The van der Waals surface area contributed by atoms with Gasteiger partial charge in [-0.05, 0) is 38.1 Å². The van der Waals surface area contributed by atoms with E-state index in [1.54, 1.807) is 0 Å². The highest BCUT2D eigenvalue weighted by Crippen LogP contribution is 2.35. The number of nitrogens with one attached hydrogen (secondary N) is 1. The third-order valence-corrected chi connectivity index (χ3v) is 3.11. The van der Waals surface area contributed by atoms with Crippen molar-refractivity contribution < 1.29 is 8.78 Å². The van der Waals surface area contributed by atoms with Crippen molar-refractivity contribution in [1.82, 2.24) is 5.32 Å². The Hall–Kier alpha value is -0.180. The Morgan fingerprint density at radius 1 is 1.38 bits per heavy atom. The van der Waals surface area contributed by atoms with Crippen molar-refractivity contribution in [3.63, 3.8) is 0 Å². The molecule has 1 nitrogen and oxygen atoms in total. The molecule has 0 spiro atoms. The van der Waals surface area contributed by atoms with Crippen LogP contribution in [0.15, 0.2) is 0 Å². The molecule has 1 aliphatic rings. The standard InChI is InChI=1S/C10H19F2N/c1-3-13-10(9(11)12)6-4-8(2)5-7-10/h8-9,13H,3-7H2,1-2H3. The molecule has 0 unspecified atom stereocenters. The zero-order chi connectivity index (χ0) is 9.90.